The van der Waals surface area contributed by atoms with Crippen molar-refractivity contribution in [1.82, 2.24) is 0 Å². The Kier molecular flexibility index (Phi) is 2.40. The minimum absolute atomic E-state index is 0.314. The third-order valence-electron chi connectivity index (χ3n) is 2.97. The Labute approximate surface area is 88.2 Å². The average molecular weight is 210 g/mol. The van der Waals surface area contributed by atoms with Crippen LogP contribution in [0.25, 0.3) is 0 Å². The van der Waals surface area contributed by atoms with Gasteiger partial charge in [-0.1, -0.05) is 0 Å². The van der Waals surface area contributed by atoms with Crippen molar-refractivity contribution in [2.75, 3.05) is 7.11 Å². The van der Waals surface area contributed by atoms with Gasteiger partial charge in [0.05, 0.1) is 13.2 Å². The van der Waals surface area contributed by atoms with Gasteiger partial charge in [-0.05, 0) is 31.0 Å². The van der Waals surface area contributed by atoms with Crippen molar-refractivity contribution >= 4 is 0 Å². The second kappa shape index (κ2) is 3.47. The largest absolute Gasteiger partial charge is 0.496 e. The molecule has 0 spiro atoms. The zero-order chi connectivity index (χ0) is 11.1. The molecule has 1 aromatic rings. The molecule has 1 aliphatic carbocycles. The Morgan fingerprint density at radius 3 is 2.67 bits per heavy atom. The quantitative estimate of drug-likeness (QED) is 0.791. The number of rotatable bonds is 3. The predicted molar refractivity (Wildman–Crippen MR) is 56.0 cm³/mol. The van der Waals surface area contributed by atoms with Gasteiger partial charge >= 0.3 is 0 Å². The number of benzene rings is 1. The summed E-state index contributed by atoms with van der Waals surface area (Å²) in [6.07, 6.45) is 1.77. The maximum Gasteiger partial charge on any atom is 0.123 e. The van der Waals surface area contributed by atoms with Crippen LogP contribution in [-0.2, 0) is 0 Å². The molecule has 4 N–H and O–H groups in total. The lowest BCUT2D eigenvalue weighted by Crippen LogP contribution is -2.36. The van der Waals surface area contributed by atoms with E-state index in [2.05, 4.69) is 0 Å². The number of halogens is 1. The van der Waals surface area contributed by atoms with Gasteiger partial charge in [0.1, 0.15) is 11.6 Å². The van der Waals surface area contributed by atoms with Gasteiger partial charge in [-0.25, -0.2) is 4.39 Å². The van der Waals surface area contributed by atoms with Crippen LogP contribution < -0.4 is 16.2 Å². The molecule has 0 bridgehead atoms. The van der Waals surface area contributed by atoms with Crippen molar-refractivity contribution < 1.29 is 9.13 Å². The first-order valence-corrected chi connectivity index (χ1v) is 4.95. The summed E-state index contributed by atoms with van der Waals surface area (Å²) in [4.78, 5) is 0. The standard InChI is InChI=1S/C11H15FN2O/c1-15-9-3-2-7(12)6-8(9)10(13)11(14)4-5-11/h2-3,6,10H,4-5,13-14H2,1H3. The van der Waals surface area contributed by atoms with E-state index in [0.717, 1.165) is 12.8 Å². The van der Waals surface area contributed by atoms with Gasteiger partial charge in [0.2, 0.25) is 0 Å². The minimum atomic E-state index is -0.374. The number of ether oxygens (including phenoxy) is 1. The fourth-order valence-corrected chi connectivity index (χ4v) is 1.71. The molecule has 82 valence electrons. The van der Waals surface area contributed by atoms with Crippen LogP contribution in [0.1, 0.15) is 24.4 Å². The van der Waals surface area contributed by atoms with Crippen LogP contribution in [0.3, 0.4) is 0 Å². The summed E-state index contributed by atoms with van der Waals surface area (Å²) in [6.45, 7) is 0. The fourth-order valence-electron chi connectivity index (χ4n) is 1.71. The molecule has 3 nitrogen and oxygen atoms in total. The molecule has 1 unspecified atom stereocenters. The fraction of sp³-hybridized carbons (Fsp3) is 0.455. The van der Waals surface area contributed by atoms with Crippen LogP contribution in [-0.4, -0.2) is 12.6 Å². The van der Waals surface area contributed by atoms with Gasteiger partial charge < -0.3 is 16.2 Å². The molecule has 0 aromatic heterocycles. The predicted octanol–water partition coefficient (Wildman–Crippen LogP) is 1.33. The lowest BCUT2D eigenvalue weighted by atomic mass is 9.98. The second-order valence-corrected chi connectivity index (χ2v) is 4.10. The van der Waals surface area contributed by atoms with Crippen molar-refractivity contribution in [1.29, 1.82) is 0 Å². The van der Waals surface area contributed by atoms with Crippen molar-refractivity contribution in [2.45, 2.75) is 24.4 Å². The van der Waals surface area contributed by atoms with E-state index in [-0.39, 0.29) is 17.4 Å². The summed E-state index contributed by atoms with van der Waals surface area (Å²) >= 11 is 0. The van der Waals surface area contributed by atoms with Crippen LogP contribution >= 0.6 is 0 Å². The minimum Gasteiger partial charge on any atom is -0.496 e. The molecule has 1 saturated carbocycles. The van der Waals surface area contributed by atoms with E-state index in [0.29, 0.717) is 11.3 Å². The van der Waals surface area contributed by atoms with Crippen LogP contribution in [0.2, 0.25) is 0 Å². The van der Waals surface area contributed by atoms with Gasteiger partial charge in [0.15, 0.2) is 0 Å². The van der Waals surface area contributed by atoms with Crippen LogP contribution in [0, 0.1) is 5.82 Å². The lowest BCUT2D eigenvalue weighted by Gasteiger charge is -2.21. The Balaban J connectivity index is 2.36. The molecule has 0 saturated heterocycles. The van der Waals surface area contributed by atoms with E-state index in [4.69, 9.17) is 16.2 Å². The third-order valence-corrected chi connectivity index (χ3v) is 2.97. The number of nitrogens with two attached hydrogens (primary N) is 2. The van der Waals surface area contributed by atoms with Gasteiger partial charge in [-0.3, -0.25) is 0 Å². The SMILES string of the molecule is COc1ccc(F)cc1C(N)C1(N)CC1. The summed E-state index contributed by atoms with van der Waals surface area (Å²) in [7, 11) is 1.54. The molecule has 0 heterocycles. The van der Waals surface area contributed by atoms with Gasteiger partial charge in [0.25, 0.3) is 0 Å². The third kappa shape index (κ3) is 1.82. The number of hydrogen-bond donors (Lipinski definition) is 2. The molecular formula is C11H15FN2O. The van der Waals surface area contributed by atoms with Crippen molar-refractivity contribution in [2.24, 2.45) is 11.5 Å². The normalized spacial score (nSPS) is 19.7. The topological polar surface area (TPSA) is 61.3 Å². The van der Waals surface area contributed by atoms with E-state index < -0.39 is 0 Å². The molecule has 0 amide bonds. The molecule has 4 heteroatoms. The van der Waals surface area contributed by atoms with E-state index in [1.807, 2.05) is 0 Å². The van der Waals surface area contributed by atoms with Gasteiger partial charge in [-0.15, -0.1) is 0 Å². The number of methoxy groups -OCH3 is 1. The lowest BCUT2D eigenvalue weighted by molar-refractivity contribution is 0.397. The van der Waals surface area contributed by atoms with Crippen molar-refractivity contribution in [3.05, 3.63) is 29.6 Å². The highest BCUT2D eigenvalue weighted by molar-refractivity contribution is 5.39. The molecule has 1 fully saturated rings. The highest BCUT2D eigenvalue weighted by Crippen LogP contribution is 2.44. The maximum absolute atomic E-state index is 13.1. The monoisotopic (exact) mass is 210 g/mol. The first-order chi connectivity index (χ1) is 7.07. The Bertz CT molecular complexity index is 377. The summed E-state index contributed by atoms with van der Waals surface area (Å²) in [5, 5.41) is 0. The second-order valence-electron chi connectivity index (χ2n) is 4.10. The summed E-state index contributed by atoms with van der Waals surface area (Å²) in [6, 6.07) is 3.97. The van der Waals surface area contributed by atoms with E-state index in [1.165, 1.54) is 12.1 Å². The smallest absolute Gasteiger partial charge is 0.123 e. The Hall–Kier alpha value is -1.13. The summed E-state index contributed by atoms with van der Waals surface area (Å²) in [5.74, 6) is 0.283. The van der Waals surface area contributed by atoms with E-state index in [9.17, 15) is 4.39 Å². The molecule has 15 heavy (non-hydrogen) atoms. The van der Waals surface area contributed by atoms with E-state index >= 15 is 0 Å². The zero-order valence-electron chi connectivity index (χ0n) is 8.66. The van der Waals surface area contributed by atoms with Crippen LogP contribution in [0.4, 0.5) is 4.39 Å². The molecule has 1 atom stereocenters. The molecule has 0 aliphatic heterocycles. The maximum atomic E-state index is 13.1. The van der Waals surface area contributed by atoms with Crippen LogP contribution in [0.15, 0.2) is 18.2 Å². The first kappa shape index (κ1) is 10.4. The molecule has 1 aliphatic rings. The molecule has 2 rings (SSSR count). The first-order valence-electron chi connectivity index (χ1n) is 4.95. The van der Waals surface area contributed by atoms with Crippen LogP contribution in [0.5, 0.6) is 5.75 Å². The Morgan fingerprint density at radius 2 is 2.13 bits per heavy atom. The van der Waals surface area contributed by atoms with E-state index in [1.54, 1.807) is 13.2 Å². The van der Waals surface area contributed by atoms with Gasteiger partial charge in [0, 0.05) is 11.1 Å². The highest BCUT2D eigenvalue weighted by atomic mass is 19.1. The van der Waals surface area contributed by atoms with Crippen molar-refractivity contribution in [3.8, 4) is 5.75 Å². The average Bonchev–Trinajstić information content (AvgIpc) is 2.96. The molecular weight excluding hydrogens is 195 g/mol. The molecule has 0 radical (unpaired) electrons. The zero-order valence-corrected chi connectivity index (χ0v) is 8.66. The van der Waals surface area contributed by atoms with Crippen molar-refractivity contribution in [3.63, 3.8) is 0 Å². The number of hydrogen-bond acceptors (Lipinski definition) is 3. The highest BCUT2D eigenvalue weighted by Gasteiger charge is 2.45. The summed E-state index contributed by atoms with van der Waals surface area (Å²) in [5.41, 5.74) is 12.3. The van der Waals surface area contributed by atoms with Gasteiger partial charge in [-0.2, -0.15) is 0 Å². The Morgan fingerprint density at radius 1 is 1.47 bits per heavy atom. The molecule has 1 aromatic carbocycles. The summed E-state index contributed by atoms with van der Waals surface area (Å²) < 4.78 is 18.2.